The van der Waals surface area contributed by atoms with Gasteiger partial charge in [-0.05, 0) is 12.0 Å². The Morgan fingerprint density at radius 2 is 1.85 bits per heavy atom. The summed E-state index contributed by atoms with van der Waals surface area (Å²) >= 11 is 0. The fraction of sp³-hybridized carbons (Fsp3) is 0.294. The molecule has 0 aromatic heterocycles. The third-order valence-corrected chi connectivity index (χ3v) is 3.30. The number of carbonyl (C=O) groups excluding carboxylic acids is 3. The van der Waals surface area contributed by atoms with Crippen LogP contribution in [0.5, 0.6) is 0 Å². The highest BCUT2D eigenvalue weighted by Crippen LogP contribution is 2.02. The average molecular weight is 363 g/mol. The highest BCUT2D eigenvalue weighted by molar-refractivity contribution is 5.95. The lowest BCUT2D eigenvalue weighted by Gasteiger charge is -2.18. The van der Waals surface area contributed by atoms with Gasteiger partial charge in [-0.2, -0.15) is 0 Å². The number of carbonyl (C=O) groups is 4. The number of aliphatic carboxylic acids is 1. The van der Waals surface area contributed by atoms with Crippen molar-refractivity contribution in [2.24, 2.45) is 5.73 Å². The number of amides is 2. The molecular weight excluding hydrogens is 342 g/mol. The molecule has 0 saturated heterocycles. The van der Waals surface area contributed by atoms with Crippen molar-refractivity contribution >= 4 is 23.8 Å². The van der Waals surface area contributed by atoms with Crippen molar-refractivity contribution in [1.82, 2.24) is 10.6 Å². The Morgan fingerprint density at radius 3 is 2.42 bits per heavy atom. The Bertz CT molecular complexity index is 674. The van der Waals surface area contributed by atoms with Gasteiger partial charge < -0.3 is 26.2 Å². The smallest absolute Gasteiger partial charge is 0.330 e. The van der Waals surface area contributed by atoms with E-state index in [1.807, 2.05) is 6.07 Å². The van der Waals surface area contributed by atoms with Crippen LogP contribution in [0, 0.1) is 0 Å². The molecule has 1 aromatic carbocycles. The predicted octanol–water partition coefficient (Wildman–Crippen LogP) is -1.03. The molecule has 0 aliphatic rings. The zero-order valence-electron chi connectivity index (χ0n) is 14.2. The van der Waals surface area contributed by atoms with Gasteiger partial charge in [-0.1, -0.05) is 30.3 Å². The molecule has 1 rings (SSSR count). The number of benzene rings is 1. The fourth-order valence-electron chi connectivity index (χ4n) is 1.91. The number of esters is 1. The van der Waals surface area contributed by atoms with Crippen LogP contribution in [0.4, 0.5) is 0 Å². The number of carboxylic acid groups (broad SMARTS) is 1. The minimum absolute atomic E-state index is 0.243. The summed E-state index contributed by atoms with van der Waals surface area (Å²) in [4.78, 5) is 45.7. The van der Waals surface area contributed by atoms with Crippen LogP contribution < -0.4 is 16.4 Å². The lowest BCUT2D eigenvalue weighted by Crippen LogP contribution is -2.53. The van der Waals surface area contributed by atoms with E-state index in [0.29, 0.717) is 0 Å². The molecule has 2 amide bonds. The summed E-state index contributed by atoms with van der Waals surface area (Å²) in [6.45, 7) is -0.372. The number of hydrogen-bond acceptors (Lipinski definition) is 6. The number of rotatable bonds is 9. The summed E-state index contributed by atoms with van der Waals surface area (Å²) in [5.41, 5.74) is 6.63. The van der Waals surface area contributed by atoms with Crippen LogP contribution in [0.15, 0.2) is 42.5 Å². The van der Waals surface area contributed by atoms with Gasteiger partial charge in [-0.15, -0.1) is 0 Å². The van der Waals surface area contributed by atoms with E-state index in [1.165, 1.54) is 0 Å². The van der Waals surface area contributed by atoms with Crippen molar-refractivity contribution in [3.8, 4) is 0 Å². The molecule has 0 aliphatic heterocycles. The zero-order chi connectivity index (χ0) is 19.5. The molecule has 0 aliphatic carbocycles. The van der Waals surface area contributed by atoms with Crippen LogP contribution in [0.2, 0.25) is 0 Å². The summed E-state index contributed by atoms with van der Waals surface area (Å²) < 4.78 is 4.32. The SMILES string of the molecule is COC(=O)/C=C/C(=O)NCC(NC(=O)[C@@H](N)Cc1ccccc1)C(=O)O. The van der Waals surface area contributed by atoms with Crippen LogP contribution in [0.1, 0.15) is 5.56 Å². The topological polar surface area (TPSA) is 148 Å². The lowest BCUT2D eigenvalue weighted by molar-refractivity contribution is -0.142. The van der Waals surface area contributed by atoms with Gasteiger partial charge in [-0.25, -0.2) is 9.59 Å². The predicted molar refractivity (Wildman–Crippen MR) is 91.9 cm³/mol. The molecular formula is C17H21N3O6. The molecule has 0 radical (unpaired) electrons. The monoisotopic (exact) mass is 363 g/mol. The molecule has 9 heteroatoms. The molecule has 1 unspecified atom stereocenters. The molecule has 2 atom stereocenters. The molecule has 0 saturated carbocycles. The lowest BCUT2D eigenvalue weighted by atomic mass is 10.1. The van der Waals surface area contributed by atoms with E-state index in [1.54, 1.807) is 24.3 Å². The number of carboxylic acids is 1. The molecule has 0 fully saturated rings. The first-order valence-electron chi connectivity index (χ1n) is 7.70. The van der Waals surface area contributed by atoms with Gasteiger partial charge in [0.2, 0.25) is 11.8 Å². The van der Waals surface area contributed by atoms with Crippen molar-refractivity contribution in [3.63, 3.8) is 0 Å². The summed E-state index contributed by atoms with van der Waals surface area (Å²) in [5.74, 6) is -3.41. The second-order valence-corrected chi connectivity index (χ2v) is 5.30. The number of methoxy groups -OCH3 is 1. The van der Waals surface area contributed by atoms with E-state index in [0.717, 1.165) is 24.8 Å². The number of nitrogens with two attached hydrogens (primary N) is 1. The Labute approximate surface area is 150 Å². The third-order valence-electron chi connectivity index (χ3n) is 3.30. The maximum atomic E-state index is 12.1. The number of ether oxygens (including phenoxy) is 1. The van der Waals surface area contributed by atoms with Gasteiger partial charge in [0.1, 0.15) is 6.04 Å². The fourth-order valence-corrected chi connectivity index (χ4v) is 1.91. The first-order chi connectivity index (χ1) is 12.3. The second kappa shape index (κ2) is 10.6. The largest absolute Gasteiger partial charge is 0.480 e. The minimum atomic E-state index is -1.36. The van der Waals surface area contributed by atoms with Crippen LogP contribution in [0.3, 0.4) is 0 Å². The van der Waals surface area contributed by atoms with E-state index in [2.05, 4.69) is 15.4 Å². The summed E-state index contributed by atoms with van der Waals surface area (Å²) in [7, 11) is 1.15. The number of nitrogens with one attached hydrogen (secondary N) is 2. The van der Waals surface area contributed by atoms with Crippen molar-refractivity contribution in [3.05, 3.63) is 48.0 Å². The second-order valence-electron chi connectivity index (χ2n) is 5.30. The van der Waals surface area contributed by atoms with Crippen LogP contribution in [-0.2, 0) is 30.3 Å². The van der Waals surface area contributed by atoms with Crippen molar-refractivity contribution in [1.29, 1.82) is 0 Å². The van der Waals surface area contributed by atoms with Crippen LogP contribution in [-0.4, -0.2) is 54.6 Å². The first-order valence-corrected chi connectivity index (χ1v) is 7.70. The van der Waals surface area contributed by atoms with Crippen molar-refractivity contribution < 1.29 is 29.0 Å². The summed E-state index contributed by atoms with van der Waals surface area (Å²) in [6, 6.07) is 6.74. The van der Waals surface area contributed by atoms with Crippen LogP contribution in [0.25, 0.3) is 0 Å². The highest BCUT2D eigenvalue weighted by atomic mass is 16.5. The molecule has 1 aromatic rings. The maximum Gasteiger partial charge on any atom is 0.330 e. The van der Waals surface area contributed by atoms with Crippen LogP contribution >= 0.6 is 0 Å². The Hall–Kier alpha value is -3.20. The molecule has 5 N–H and O–H groups in total. The van der Waals surface area contributed by atoms with E-state index < -0.39 is 35.8 Å². The highest BCUT2D eigenvalue weighted by Gasteiger charge is 2.23. The van der Waals surface area contributed by atoms with Gasteiger partial charge >= 0.3 is 11.9 Å². The average Bonchev–Trinajstić information content (AvgIpc) is 2.63. The molecule has 9 nitrogen and oxygen atoms in total. The van der Waals surface area contributed by atoms with Gasteiger partial charge in [0.15, 0.2) is 0 Å². The van der Waals surface area contributed by atoms with E-state index >= 15 is 0 Å². The first kappa shape index (κ1) is 20.8. The zero-order valence-corrected chi connectivity index (χ0v) is 14.2. The van der Waals surface area contributed by atoms with Gasteiger partial charge in [0.25, 0.3) is 0 Å². The minimum Gasteiger partial charge on any atom is -0.480 e. The standard InChI is InChI=1S/C17H21N3O6/c1-26-15(22)8-7-14(21)19-10-13(17(24)25)20-16(23)12(18)9-11-5-3-2-4-6-11/h2-8,12-13H,9-10,18H2,1H3,(H,19,21)(H,20,23)(H,24,25)/b8-7+/t12-,13?/m0/s1. The molecule has 26 heavy (non-hydrogen) atoms. The third kappa shape index (κ3) is 7.58. The Balaban J connectivity index is 2.55. The Morgan fingerprint density at radius 1 is 1.19 bits per heavy atom. The molecule has 0 spiro atoms. The number of hydrogen-bond donors (Lipinski definition) is 4. The van der Waals surface area contributed by atoms with Gasteiger partial charge in [0, 0.05) is 18.7 Å². The Kier molecular flexibility index (Phi) is 8.51. The molecule has 0 bridgehead atoms. The van der Waals surface area contributed by atoms with Gasteiger partial charge in [0.05, 0.1) is 13.2 Å². The van der Waals surface area contributed by atoms with Crippen molar-refractivity contribution in [2.75, 3.05) is 13.7 Å². The molecule has 140 valence electrons. The maximum absolute atomic E-state index is 12.1. The normalized spacial score (nSPS) is 12.8. The van der Waals surface area contributed by atoms with E-state index in [4.69, 9.17) is 10.8 Å². The van der Waals surface area contributed by atoms with Crippen molar-refractivity contribution in [2.45, 2.75) is 18.5 Å². The van der Waals surface area contributed by atoms with Gasteiger partial charge in [-0.3, -0.25) is 9.59 Å². The van der Waals surface area contributed by atoms with E-state index in [-0.39, 0.29) is 13.0 Å². The summed E-state index contributed by atoms with van der Waals surface area (Å²) in [5, 5.41) is 13.7. The summed E-state index contributed by atoms with van der Waals surface area (Å²) in [6.07, 6.45) is 2.03. The van der Waals surface area contributed by atoms with E-state index in [9.17, 15) is 19.2 Å². The molecule has 0 heterocycles. The quantitative estimate of drug-likeness (QED) is 0.324.